The lowest BCUT2D eigenvalue weighted by molar-refractivity contribution is -0.162. The summed E-state index contributed by atoms with van der Waals surface area (Å²) in [4.78, 5) is 2.82. The zero-order valence-electron chi connectivity index (χ0n) is 19.7. The van der Waals surface area contributed by atoms with Gasteiger partial charge in [0, 0.05) is 24.0 Å². The van der Waals surface area contributed by atoms with Gasteiger partial charge in [0.15, 0.2) is 0 Å². The maximum absolute atomic E-state index is 11.8. The lowest BCUT2D eigenvalue weighted by Crippen LogP contribution is -2.59. The Morgan fingerprint density at radius 1 is 1.06 bits per heavy atom. The first-order valence-electron chi connectivity index (χ1n) is 13.2. The number of aliphatic hydroxyl groups is 3. The first-order valence-corrected chi connectivity index (χ1v) is 13.2. The molecule has 2 heterocycles. The Hall–Kier alpha value is -0.420. The van der Waals surface area contributed by atoms with E-state index in [-0.39, 0.29) is 23.5 Å². The fourth-order valence-corrected chi connectivity index (χ4v) is 10.4. The van der Waals surface area contributed by atoms with Crippen LogP contribution in [-0.4, -0.2) is 57.7 Å². The largest absolute Gasteiger partial charge is 0.396 e. The molecule has 31 heavy (non-hydrogen) atoms. The van der Waals surface area contributed by atoms with Crippen molar-refractivity contribution in [2.75, 3.05) is 13.2 Å². The third-order valence-electron chi connectivity index (χ3n) is 11.8. The molecule has 2 saturated heterocycles. The van der Waals surface area contributed by atoms with E-state index in [0.29, 0.717) is 41.7 Å². The molecule has 0 aromatic carbocycles. The number of hydrogen-bond acceptors (Lipinski definition) is 4. The standard InChI is InChI=1S/C27H43NO3/c1-15-4-7-22-16(2)25-23(28(22)13-15)11-21-19-6-5-17-10-18(30)8-9-26(17,3)20(19)12-24(31)27(21,25)14-29/h5,15-16,18-25,29-31H,4,6-14H2,1-3H3/t15-,16+,18-,19+,20-,21-,22+,23-,24+,25-,26-,27+/m0/s1. The van der Waals surface area contributed by atoms with Gasteiger partial charge in [-0.25, -0.2) is 0 Å². The Bertz CT molecular complexity index is 768. The lowest BCUT2D eigenvalue weighted by Gasteiger charge is -2.60. The number of aliphatic hydroxyl groups excluding tert-OH is 3. The van der Waals surface area contributed by atoms with Gasteiger partial charge < -0.3 is 15.3 Å². The third-order valence-corrected chi connectivity index (χ3v) is 11.8. The molecule has 5 fully saturated rings. The van der Waals surface area contributed by atoms with Gasteiger partial charge >= 0.3 is 0 Å². The van der Waals surface area contributed by atoms with Crippen LogP contribution in [0.3, 0.4) is 0 Å². The molecule has 3 N–H and O–H groups in total. The fraction of sp³-hybridized carbons (Fsp3) is 0.926. The van der Waals surface area contributed by atoms with E-state index in [1.54, 1.807) is 0 Å². The van der Waals surface area contributed by atoms with Gasteiger partial charge in [-0.05, 0) is 92.3 Å². The van der Waals surface area contributed by atoms with Crippen molar-refractivity contribution >= 4 is 0 Å². The van der Waals surface area contributed by atoms with Crippen LogP contribution in [0.5, 0.6) is 0 Å². The molecule has 0 unspecified atom stereocenters. The van der Waals surface area contributed by atoms with Crippen molar-refractivity contribution in [2.45, 2.75) is 96.4 Å². The minimum absolute atomic E-state index is 0.121. The predicted octanol–water partition coefficient (Wildman–Crippen LogP) is 3.60. The normalized spacial score (nSPS) is 58.6. The Morgan fingerprint density at radius 2 is 1.87 bits per heavy atom. The minimum atomic E-state index is -0.400. The van der Waals surface area contributed by atoms with Gasteiger partial charge in [0.05, 0.1) is 18.8 Å². The second-order valence-electron chi connectivity index (χ2n) is 12.8. The summed E-state index contributed by atoms with van der Waals surface area (Å²) >= 11 is 0. The lowest BCUT2D eigenvalue weighted by atomic mass is 9.45. The van der Waals surface area contributed by atoms with E-state index >= 15 is 0 Å². The number of rotatable bonds is 1. The number of hydrogen-bond donors (Lipinski definition) is 3. The molecule has 0 amide bonds. The Labute approximate surface area is 188 Å². The molecule has 6 aliphatic rings. The molecule has 0 aromatic rings. The second kappa shape index (κ2) is 7.04. The fourth-order valence-electron chi connectivity index (χ4n) is 10.4. The van der Waals surface area contributed by atoms with Crippen LogP contribution in [0.15, 0.2) is 11.6 Å². The number of nitrogens with zero attached hydrogens (tertiary/aromatic N) is 1. The van der Waals surface area contributed by atoms with E-state index in [4.69, 9.17) is 0 Å². The molecule has 3 saturated carbocycles. The highest BCUT2D eigenvalue weighted by atomic mass is 16.3. The average molecular weight is 430 g/mol. The first kappa shape index (κ1) is 21.1. The van der Waals surface area contributed by atoms with Gasteiger partial charge in [0.1, 0.15) is 0 Å². The summed E-state index contributed by atoms with van der Waals surface area (Å²) in [7, 11) is 0. The highest BCUT2D eigenvalue weighted by Crippen LogP contribution is 2.69. The number of fused-ring (bicyclic) bond motifs is 9. The summed E-state index contributed by atoms with van der Waals surface area (Å²) in [6.45, 7) is 8.60. The van der Waals surface area contributed by atoms with Crippen LogP contribution in [0.1, 0.15) is 72.1 Å². The van der Waals surface area contributed by atoms with E-state index in [0.717, 1.165) is 38.0 Å². The van der Waals surface area contributed by atoms with Crippen molar-refractivity contribution in [3.63, 3.8) is 0 Å². The zero-order chi connectivity index (χ0) is 21.7. The minimum Gasteiger partial charge on any atom is -0.396 e. The van der Waals surface area contributed by atoms with Gasteiger partial charge in [0.2, 0.25) is 0 Å². The van der Waals surface area contributed by atoms with Gasteiger partial charge in [-0.1, -0.05) is 32.4 Å². The number of piperidine rings is 1. The highest BCUT2D eigenvalue weighted by molar-refractivity contribution is 5.28. The molecule has 0 bridgehead atoms. The van der Waals surface area contributed by atoms with Crippen molar-refractivity contribution in [3.8, 4) is 0 Å². The molecule has 174 valence electrons. The third kappa shape index (κ3) is 2.63. The van der Waals surface area contributed by atoms with Crippen molar-refractivity contribution in [1.82, 2.24) is 4.90 Å². The predicted molar refractivity (Wildman–Crippen MR) is 121 cm³/mol. The van der Waals surface area contributed by atoms with Crippen molar-refractivity contribution in [2.24, 2.45) is 46.3 Å². The maximum atomic E-state index is 11.8. The molecule has 6 rings (SSSR count). The van der Waals surface area contributed by atoms with Crippen LogP contribution in [0.4, 0.5) is 0 Å². The van der Waals surface area contributed by atoms with E-state index in [1.165, 1.54) is 31.4 Å². The van der Waals surface area contributed by atoms with Gasteiger partial charge in [-0.2, -0.15) is 0 Å². The summed E-state index contributed by atoms with van der Waals surface area (Å²) in [6.07, 6.45) is 10.3. The van der Waals surface area contributed by atoms with Crippen LogP contribution >= 0.6 is 0 Å². The molecule has 0 radical (unpaired) electrons. The summed E-state index contributed by atoms with van der Waals surface area (Å²) in [6, 6.07) is 1.19. The van der Waals surface area contributed by atoms with Gasteiger partial charge in [-0.15, -0.1) is 0 Å². The summed E-state index contributed by atoms with van der Waals surface area (Å²) in [5, 5.41) is 33.1. The first-order chi connectivity index (χ1) is 14.8. The van der Waals surface area contributed by atoms with Crippen LogP contribution in [0.25, 0.3) is 0 Å². The van der Waals surface area contributed by atoms with E-state index < -0.39 is 6.10 Å². The molecule has 4 nitrogen and oxygen atoms in total. The molecule has 4 aliphatic carbocycles. The van der Waals surface area contributed by atoms with Crippen LogP contribution in [0, 0.1) is 46.3 Å². The highest BCUT2D eigenvalue weighted by Gasteiger charge is 2.70. The summed E-state index contributed by atoms with van der Waals surface area (Å²) < 4.78 is 0. The van der Waals surface area contributed by atoms with E-state index in [1.807, 2.05) is 0 Å². The van der Waals surface area contributed by atoms with Gasteiger partial charge in [0.25, 0.3) is 0 Å². The van der Waals surface area contributed by atoms with Crippen molar-refractivity contribution < 1.29 is 15.3 Å². The molecule has 12 atom stereocenters. The Kier molecular flexibility index (Phi) is 4.80. The van der Waals surface area contributed by atoms with Crippen molar-refractivity contribution in [3.05, 3.63) is 11.6 Å². The Morgan fingerprint density at radius 3 is 2.65 bits per heavy atom. The monoisotopic (exact) mass is 429 g/mol. The molecule has 0 spiro atoms. The SMILES string of the molecule is C[C@H]1CC[C@@H]2[C@@H](C)[C@H]3[C@H](C[C@H]4[C@@H]5CC=C6C[C@@H](O)CC[C@]6(C)[C@H]5C[C@@H](O)[C@]34CO)N2C1. The number of allylic oxidation sites excluding steroid dienone is 1. The average Bonchev–Trinajstić information content (AvgIpc) is 3.23. The Balaban J connectivity index is 1.39. The van der Waals surface area contributed by atoms with Crippen LogP contribution in [-0.2, 0) is 0 Å². The summed E-state index contributed by atoms with van der Waals surface area (Å²) in [5.74, 6) is 3.24. The smallest absolute Gasteiger partial charge is 0.0627 e. The van der Waals surface area contributed by atoms with E-state index in [2.05, 4.69) is 31.7 Å². The van der Waals surface area contributed by atoms with Gasteiger partial charge in [-0.3, -0.25) is 4.90 Å². The van der Waals surface area contributed by atoms with Crippen molar-refractivity contribution in [1.29, 1.82) is 0 Å². The zero-order valence-corrected chi connectivity index (χ0v) is 19.7. The van der Waals surface area contributed by atoms with E-state index in [9.17, 15) is 15.3 Å². The molecular formula is C27H43NO3. The topological polar surface area (TPSA) is 63.9 Å². The van der Waals surface area contributed by atoms with Crippen LogP contribution < -0.4 is 0 Å². The summed E-state index contributed by atoms with van der Waals surface area (Å²) in [5.41, 5.74) is 1.26. The maximum Gasteiger partial charge on any atom is 0.0627 e. The second-order valence-corrected chi connectivity index (χ2v) is 12.8. The van der Waals surface area contributed by atoms with Crippen LogP contribution in [0.2, 0.25) is 0 Å². The quantitative estimate of drug-likeness (QED) is 0.558. The molecule has 2 aliphatic heterocycles. The molecule has 4 heteroatoms. The molecule has 0 aromatic heterocycles. The molecular weight excluding hydrogens is 386 g/mol.